The Morgan fingerprint density at radius 1 is 1.07 bits per heavy atom. The zero-order valence-corrected chi connectivity index (χ0v) is 17.0. The topological polar surface area (TPSA) is 89.5 Å². The molecule has 2 aromatic heterocycles. The maximum Gasteiger partial charge on any atom is 0.294 e. The number of aromatic nitrogens is 2. The molecule has 4 aromatic rings. The summed E-state index contributed by atoms with van der Waals surface area (Å²) in [7, 11) is 0. The first kappa shape index (κ1) is 19.6. The van der Waals surface area contributed by atoms with E-state index in [0.717, 1.165) is 16.7 Å². The van der Waals surface area contributed by atoms with Crippen LogP contribution in [0.4, 0.5) is 11.4 Å². The Labute approximate surface area is 177 Å². The maximum absolute atomic E-state index is 13.3. The third kappa shape index (κ3) is 3.62. The number of imidazole rings is 1. The van der Waals surface area contributed by atoms with E-state index in [1.54, 1.807) is 4.40 Å². The van der Waals surface area contributed by atoms with E-state index < -0.39 is 10.8 Å². The molecular formula is C22H17ClN4O3. The lowest BCUT2D eigenvalue weighted by molar-refractivity contribution is -0.383. The summed E-state index contributed by atoms with van der Waals surface area (Å²) in [5.74, 6) is -0.505. The number of anilines is 1. The molecule has 0 aliphatic rings. The molecule has 0 bridgehead atoms. The summed E-state index contributed by atoms with van der Waals surface area (Å²) in [4.78, 5) is 28.7. The average molecular weight is 421 g/mol. The quantitative estimate of drug-likeness (QED) is 0.352. The predicted octanol–water partition coefficient (Wildman–Crippen LogP) is 5.43. The molecule has 0 radical (unpaired) electrons. The van der Waals surface area contributed by atoms with E-state index in [1.165, 1.54) is 18.2 Å². The van der Waals surface area contributed by atoms with Crippen molar-refractivity contribution in [1.82, 2.24) is 9.38 Å². The number of benzene rings is 2. The van der Waals surface area contributed by atoms with Gasteiger partial charge in [0.1, 0.15) is 22.7 Å². The lowest BCUT2D eigenvalue weighted by Gasteiger charge is -2.09. The number of fused-ring (bicyclic) bond motifs is 1. The van der Waals surface area contributed by atoms with Gasteiger partial charge in [-0.1, -0.05) is 47.5 Å². The van der Waals surface area contributed by atoms with Crippen molar-refractivity contribution >= 4 is 34.5 Å². The van der Waals surface area contributed by atoms with Gasteiger partial charge in [-0.05, 0) is 37.6 Å². The fraction of sp³-hybridized carbons (Fsp3) is 0.0909. The van der Waals surface area contributed by atoms with Crippen LogP contribution < -0.4 is 5.32 Å². The summed E-state index contributed by atoms with van der Waals surface area (Å²) in [5, 5.41) is 14.3. The van der Waals surface area contributed by atoms with E-state index in [1.807, 2.05) is 56.4 Å². The Bertz CT molecular complexity index is 1300. The van der Waals surface area contributed by atoms with Gasteiger partial charge >= 0.3 is 0 Å². The number of nitrogens with zero attached hydrogens (tertiary/aromatic N) is 3. The van der Waals surface area contributed by atoms with Gasteiger partial charge in [0.05, 0.1) is 4.92 Å². The second-order valence-corrected chi connectivity index (χ2v) is 7.42. The van der Waals surface area contributed by atoms with E-state index in [0.29, 0.717) is 17.0 Å². The molecule has 0 spiro atoms. The number of hydrogen-bond donors (Lipinski definition) is 1. The molecule has 0 fully saturated rings. The highest BCUT2D eigenvalue weighted by molar-refractivity contribution is 6.31. The molecule has 1 N–H and O–H groups in total. The molecule has 0 saturated heterocycles. The van der Waals surface area contributed by atoms with Gasteiger partial charge in [-0.25, -0.2) is 4.98 Å². The van der Waals surface area contributed by atoms with E-state index >= 15 is 0 Å². The van der Waals surface area contributed by atoms with E-state index in [-0.39, 0.29) is 16.4 Å². The average Bonchev–Trinajstić information content (AvgIpc) is 3.08. The number of halogens is 1. The fourth-order valence-electron chi connectivity index (χ4n) is 3.22. The summed E-state index contributed by atoms with van der Waals surface area (Å²) < 4.78 is 1.70. The lowest BCUT2D eigenvalue weighted by atomic mass is 10.1. The molecule has 4 rings (SSSR count). The van der Waals surface area contributed by atoms with Crippen LogP contribution in [0.1, 0.15) is 21.6 Å². The summed E-state index contributed by atoms with van der Waals surface area (Å²) in [5.41, 5.74) is 3.98. The van der Waals surface area contributed by atoms with Crippen LogP contribution in [0.25, 0.3) is 16.9 Å². The lowest BCUT2D eigenvalue weighted by Crippen LogP contribution is -2.16. The third-order valence-corrected chi connectivity index (χ3v) is 4.95. The van der Waals surface area contributed by atoms with Crippen molar-refractivity contribution in [1.29, 1.82) is 0 Å². The number of rotatable bonds is 4. The molecule has 30 heavy (non-hydrogen) atoms. The van der Waals surface area contributed by atoms with Crippen molar-refractivity contribution in [3.63, 3.8) is 0 Å². The fourth-order valence-corrected chi connectivity index (χ4v) is 3.39. The molecule has 0 saturated carbocycles. The van der Waals surface area contributed by atoms with Gasteiger partial charge < -0.3 is 5.32 Å². The number of carbonyl (C=O) groups excluding carboxylic acids is 1. The summed E-state index contributed by atoms with van der Waals surface area (Å²) in [6.45, 7) is 3.89. The number of amides is 1. The van der Waals surface area contributed by atoms with Gasteiger partial charge in [-0.2, -0.15) is 0 Å². The van der Waals surface area contributed by atoms with Crippen LogP contribution in [0.2, 0.25) is 5.02 Å². The zero-order chi connectivity index (χ0) is 21.4. The number of nitrogens with one attached hydrogen (secondary N) is 1. The van der Waals surface area contributed by atoms with Crippen LogP contribution in [0.15, 0.2) is 60.8 Å². The molecule has 7 nitrogen and oxygen atoms in total. The Morgan fingerprint density at radius 2 is 1.77 bits per heavy atom. The maximum atomic E-state index is 13.3. The van der Waals surface area contributed by atoms with Gasteiger partial charge in [0.25, 0.3) is 11.6 Å². The molecular weight excluding hydrogens is 404 g/mol. The Balaban J connectivity index is 1.86. The molecule has 1 amide bonds. The number of hydrogen-bond acceptors (Lipinski definition) is 4. The highest BCUT2D eigenvalue weighted by Gasteiger charge is 2.24. The minimum absolute atomic E-state index is 0.0619. The monoisotopic (exact) mass is 420 g/mol. The first-order valence-corrected chi connectivity index (χ1v) is 9.52. The largest absolute Gasteiger partial charge is 0.315 e. The number of aryl methyl sites for hydroxylation is 2. The van der Waals surface area contributed by atoms with Crippen LogP contribution in [0.3, 0.4) is 0 Å². The number of nitro groups is 1. The van der Waals surface area contributed by atoms with Crippen molar-refractivity contribution < 1.29 is 9.72 Å². The summed E-state index contributed by atoms with van der Waals surface area (Å²) >= 11 is 5.88. The Kier molecular flexibility index (Phi) is 4.97. The van der Waals surface area contributed by atoms with Crippen LogP contribution >= 0.6 is 11.6 Å². The third-order valence-electron chi connectivity index (χ3n) is 4.71. The number of carbonyl (C=O) groups is 1. The van der Waals surface area contributed by atoms with E-state index in [4.69, 9.17) is 11.6 Å². The summed E-state index contributed by atoms with van der Waals surface area (Å²) in [6.07, 6.45) is 1.81. The zero-order valence-electron chi connectivity index (χ0n) is 16.2. The molecule has 2 heterocycles. The van der Waals surface area contributed by atoms with E-state index in [2.05, 4.69) is 10.3 Å². The highest BCUT2D eigenvalue weighted by Crippen LogP contribution is 2.30. The molecule has 2 aromatic carbocycles. The molecule has 0 aliphatic heterocycles. The second-order valence-electron chi connectivity index (χ2n) is 6.98. The summed E-state index contributed by atoms with van der Waals surface area (Å²) in [6, 6.07) is 15.5. The smallest absolute Gasteiger partial charge is 0.294 e. The van der Waals surface area contributed by atoms with Gasteiger partial charge in [-0.3, -0.25) is 19.3 Å². The van der Waals surface area contributed by atoms with Crippen LogP contribution in [-0.2, 0) is 0 Å². The van der Waals surface area contributed by atoms with Gasteiger partial charge in [0.2, 0.25) is 0 Å². The molecule has 0 atom stereocenters. The van der Waals surface area contributed by atoms with Crippen molar-refractivity contribution in [2.75, 3.05) is 5.32 Å². The Morgan fingerprint density at radius 3 is 2.47 bits per heavy atom. The molecule has 8 heteroatoms. The van der Waals surface area contributed by atoms with Gasteiger partial charge in [-0.15, -0.1) is 0 Å². The van der Waals surface area contributed by atoms with Crippen LogP contribution in [0.5, 0.6) is 0 Å². The predicted molar refractivity (Wildman–Crippen MR) is 116 cm³/mol. The first-order chi connectivity index (χ1) is 14.3. The molecule has 0 unspecified atom stereocenters. The normalized spacial score (nSPS) is 10.9. The SMILES string of the molecule is Cc1ccc(-c2nc3ccc(C)cn3c2C(=O)Nc2ccc(Cl)cc2[N+](=O)[O-])cc1. The van der Waals surface area contributed by atoms with Crippen molar-refractivity contribution in [3.05, 3.63) is 92.8 Å². The number of pyridine rings is 1. The highest BCUT2D eigenvalue weighted by atomic mass is 35.5. The minimum atomic E-state index is -0.582. The van der Waals surface area contributed by atoms with Gasteiger partial charge in [0.15, 0.2) is 0 Å². The number of nitro benzene ring substituents is 1. The standard InChI is InChI=1S/C22H17ClN4O3/c1-13-3-6-15(7-4-13)20-21(26-12-14(2)5-10-19(26)25-20)22(28)24-17-9-8-16(23)11-18(17)27(29)30/h3-12H,1-2H3,(H,24,28). The van der Waals surface area contributed by atoms with Crippen molar-refractivity contribution in [2.45, 2.75) is 13.8 Å². The first-order valence-electron chi connectivity index (χ1n) is 9.14. The molecule has 0 aliphatic carbocycles. The second kappa shape index (κ2) is 7.61. The molecule has 150 valence electrons. The van der Waals surface area contributed by atoms with Gasteiger partial charge in [0, 0.05) is 22.8 Å². The van der Waals surface area contributed by atoms with Crippen LogP contribution in [-0.4, -0.2) is 20.2 Å². The van der Waals surface area contributed by atoms with Crippen molar-refractivity contribution in [2.24, 2.45) is 0 Å². The van der Waals surface area contributed by atoms with Crippen molar-refractivity contribution in [3.8, 4) is 11.3 Å². The van der Waals surface area contributed by atoms with E-state index in [9.17, 15) is 14.9 Å². The minimum Gasteiger partial charge on any atom is -0.315 e. The Hall–Kier alpha value is -3.71. The van der Waals surface area contributed by atoms with Crippen LogP contribution in [0, 0.1) is 24.0 Å².